The van der Waals surface area contributed by atoms with Crippen LogP contribution in [0.4, 0.5) is 0 Å². The van der Waals surface area contributed by atoms with E-state index in [0.29, 0.717) is 12.4 Å². The fourth-order valence-corrected chi connectivity index (χ4v) is 4.60. The van der Waals surface area contributed by atoms with E-state index in [9.17, 15) is 14.7 Å². The lowest BCUT2D eigenvalue weighted by Crippen LogP contribution is -2.78. The topological polar surface area (TPSA) is 98.7 Å². The molecule has 154 valence electrons. The summed E-state index contributed by atoms with van der Waals surface area (Å²) in [5.74, 6) is 0.405. The number of nitrogens with one attached hydrogen (secondary N) is 1. The van der Waals surface area contributed by atoms with Crippen LogP contribution in [0, 0.1) is 5.92 Å². The molecule has 2 N–H and O–H groups in total. The maximum absolute atomic E-state index is 12.8. The molecule has 8 nitrogen and oxygen atoms in total. The maximum Gasteiger partial charge on any atom is 0.240 e. The van der Waals surface area contributed by atoms with Gasteiger partial charge in [-0.05, 0) is 32.8 Å². The van der Waals surface area contributed by atoms with Gasteiger partial charge in [0.05, 0.1) is 18.2 Å². The molecule has 4 atom stereocenters. The van der Waals surface area contributed by atoms with Crippen molar-refractivity contribution in [1.29, 1.82) is 0 Å². The van der Waals surface area contributed by atoms with E-state index >= 15 is 0 Å². The Morgan fingerprint density at radius 1 is 1.32 bits per heavy atom. The lowest BCUT2D eigenvalue weighted by Gasteiger charge is -2.60. The molecular formula is C20H31N5O3. The van der Waals surface area contributed by atoms with Gasteiger partial charge in [-0.2, -0.15) is 0 Å². The summed E-state index contributed by atoms with van der Waals surface area (Å²) in [7, 11) is 0. The summed E-state index contributed by atoms with van der Waals surface area (Å²) < 4.78 is 0. The summed E-state index contributed by atoms with van der Waals surface area (Å²) >= 11 is 0. The SMILES string of the molecule is CC(C)C(=O)N1CCCC12CN([C@H](C(=O)NCc1ncccn1)[C@@H](C)O)C2C. The van der Waals surface area contributed by atoms with Crippen LogP contribution < -0.4 is 5.32 Å². The minimum absolute atomic E-state index is 0.0102. The smallest absolute Gasteiger partial charge is 0.240 e. The van der Waals surface area contributed by atoms with Crippen molar-refractivity contribution in [1.82, 2.24) is 25.1 Å². The molecule has 2 fully saturated rings. The Labute approximate surface area is 166 Å². The number of hydrogen-bond acceptors (Lipinski definition) is 6. The van der Waals surface area contributed by atoms with Crippen LogP contribution in [0.25, 0.3) is 0 Å². The molecule has 1 aromatic rings. The third-order valence-corrected chi connectivity index (χ3v) is 6.14. The highest BCUT2D eigenvalue weighted by Gasteiger charge is 2.60. The fourth-order valence-electron chi connectivity index (χ4n) is 4.60. The first-order chi connectivity index (χ1) is 13.3. The van der Waals surface area contributed by atoms with E-state index in [4.69, 9.17) is 0 Å². The second kappa shape index (κ2) is 8.13. The number of likely N-dealkylation sites (tertiary alicyclic amines) is 2. The molecule has 3 heterocycles. The van der Waals surface area contributed by atoms with Gasteiger partial charge in [0, 0.05) is 37.4 Å². The van der Waals surface area contributed by atoms with E-state index in [0.717, 1.165) is 19.4 Å². The van der Waals surface area contributed by atoms with Gasteiger partial charge < -0.3 is 15.3 Å². The van der Waals surface area contributed by atoms with Crippen LogP contribution in [-0.4, -0.2) is 73.5 Å². The van der Waals surface area contributed by atoms with Crippen molar-refractivity contribution in [2.75, 3.05) is 13.1 Å². The monoisotopic (exact) mass is 389 g/mol. The predicted octanol–water partition coefficient (Wildman–Crippen LogP) is 0.564. The summed E-state index contributed by atoms with van der Waals surface area (Å²) in [4.78, 5) is 37.7. The van der Waals surface area contributed by atoms with Gasteiger partial charge in [-0.15, -0.1) is 0 Å². The Morgan fingerprint density at radius 3 is 2.57 bits per heavy atom. The molecule has 2 aliphatic heterocycles. The largest absolute Gasteiger partial charge is 0.391 e. The lowest BCUT2D eigenvalue weighted by atomic mass is 9.76. The number of carbonyl (C=O) groups excluding carboxylic acids is 2. The summed E-state index contributed by atoms with van der Waals surface area (Å²) in [6.07, 6.45) is 4.35. The van der Waals surface area contributed by atoms with E-state index in [1.165, 1.54) is 0 Å². The first kappa shape index (κ1) is 20.7. The lowest BCUT2D eigenvalue weighted by molar-refractivity contribution is -0.165. The molecular weight excluding hydrogens is 358 g/mol. The molecule has 3 rings (SSSR count). The molecule has 0 aliphatic carbocycles. The average Bonchev–Trinajstić information content (AvgIpc) is 3.12. The van der Waals surface area contributed by atoms with Gasteiger partial charge in [0.15, 0.2) is 0 Å². The molecule has 2 saturated heterocycles. The van der Waals surface area contributed by atoms with Crippen molar-refractivity contribution in [2.24, 2.45) is 5.92 Å². The predicted molar refractivity (Wildman–Crippen MR) is 104 cm³/mol. The normalized spacial score (nSPS) is 26.9. The van der Waals surface area contributed by atoms with Gasteiger partial charge in [-0.1, -0.05) is 13.8 Å². The summed E-state index contributed by atoms with van der Waals surface area (Å²) in [5.41, 5.74) is -0.225. The number of nitrogens with zero attached hydrogens (tertiary/aromatic N) is 4. The molecule has 0 radical (unpaired) electrons. The summed E-state index contributed by atoms with van der Waals surface area (Å²) in [6, 6.07) is 1.06. The minimum atomic E-state index is -0.827. The Hall–Kier alpha value is -2.06. The Balaban J connectivity index is 1.69. The highest BCUT2D eigenvalue weighted by Crippen LogP contribution is 2.44. The summed E-state index contributed by atoms with van der Waals surface area (Å²) in [5, 5.41) is 13.1. The molecule has 1 aromatic heterocycles. The van der Waals surface area contributed by atoms with E-state index in [1.54, 1.807) is 25.4 Å². The molecule has 0 saturated carbocycles. The first-order valence-electron chi connectivity index (χ1n) is 10.1. The molecule has 8 heteroatoms. The van der Waals surface area contributed by atoms with Gasteiger partial charge in [0.25, 0.3) is 0 Å². The number of amides is 2. The Bertz CT molecular complexity index is 711. The van der Waals surface area contributed by atoms with Gasteiger partial charge in [0.1, 0.15) is 11.9 Å². The van der Waals surface area contributed by atoms with Gasteiger partial charge in [0.2, 0.25) is 11.8 Å². The standard InChI is InChI=1S/C20H31N5O3/c1-13(2)19(28)25-10-5-7-20(25)12-24(15(20)4)17(14(3)26)18(27)23-11-16-21-8-6-9-22-16/h6,8-9,13-15,17,26H,5,7,10-12H2,1-4H3,(H,23,27)/t14-,15?,17+,20?/m1/s1. The molecule has 2 unspecified atom stereocenters. The van der Waals surface area contributed by atoms with Crippen molar-refractivity contribution >= 4 is 11.8 Å². The Kier molecular flexibility index (Phi) is 6.00. The van der Waals surface area contributed by atoms with E-state index in [1.807, 2.05) is 23.6 Å². The summed E-state index contributed by atoms with van der Waals surface area (Å²) in [6.45, 7) is 9.13. The van der Waals surface area contributed by atoms with Crippen LogP contribution in [-0.2, 0) is 16.1 Å². The number of aliphatic hydroxyl groups is 1. The molecule has 0 aromatic carbocycles. The highest BCUT2D eigenvalue weighted by atomic mass is 16.3. The van der Waals surface area contributed by atoms with Crippen LogP contribution >= 0.6 is 0 Å². The van der Waals surface area contributed by atoms with E-state index < -0.39 is 12.1 Å². The van der Waals surface area contributed by atoms with Crippen LogP contribution in [0.3, 0.4) is 0 Å². The zero-order chi connectivity index (χ0) is 20.5. The van der Waals surface area contributed by atoms with E-state index in [-0.39, 0.29) is 35.9 Å². The highest BCUT2D eigenvalue weighted by molar-refractivity contribution is 5.83. The van der Waals surface area contributed by atoms with E-state index in [2.05, 4.69) is 22.2 Å². The van der Waals surface area contributed by atoms with Gasteiger partial charge in [-0.25, -0.2) is 9.97 Å². The molecule has 0 bridgehead atoms. The average molecular weight is 390 g/mol. The number of aromatic nitrogens is 2. The van der Waals surface area contributed by atoms with Gasteiger partial charge in [-0.3, -0.25) is 14.5 Å². The number of carbonyl (C=O) groups is 2. The van der Waals surface area contributed by atoms with Crippen molar-refractivity contribution in [3.05, 3.63) is 24.3 Å². The van der Waals surface area contributed by atoms with Crippen LogP contribution in [0.2, 0.25) is 0 Å². The molecule has 28 heavy (non-hydrogen) atoms. The van der Waals surface area contributed by atoms with Crippen molar-refractivity contribution in [3.63, 3.8) is 0 Å². The molecule has 2 amide bonds. The second-order valence-corrected chi connectivity index (χ2v) is 8.27. The molecule has 1 spiro atoms. The van der Waals surface area contributed by atoms with Crippen LogP contribution in [0.5, 0.6) is 0 Å². The van der Waals surface area contributed by atoms with Crippen molar-refractivity contribution < 1.29 is 14.7 Å². The third-order valence-electron chi connectivity index (χ3n) is 6.14. The number of aliphatic hydroxyl groups excluding tert-OH is 1. The van der Waals surface area contributed by atoms with Crippen molar-refractivity contribution in [3.8, 4) is 0 Å². The van der Waals surface area contributed by atoms with Crippen molar-refractivity contribution in [2.45, 2.75) is 70.8 Å². The number of rotatable bonds is 6. The quantitative estimate of drug-likeness (QED) is 0.738. The van der Waals surface area contributed by atoms with Crippen LogP contribution in [0.1, 0.15) is 46.4 Å². The maximum atomic E-state index is 12.8. The Morgan fingerprint density at radius 2 is 2.00 bits per heavy atom. The molecule has 2 aliphatic rings. The zero-order valence-electron chi connectivity index (χ0n) is 17.1. The van der Waals surface area contributed by atoms with Crippen LogP contribution in [0.15, 0.2) is 18.5 Å². The third kappa shape index (κ3) is 3.63. The first-order valence-corrected chi connectivity index (χ1v) is 10.1. The number of hydrogen-bond donors (Lipinski definition) is 2. The van der Waals surface area contributed by atoms with Gasteiger partial charge >= 0.3 is 0 Å². The zero-order valence-corrected chi connectivity index (χ0v) is 17.1. The minimum Gasteiger partial charge on any atom is -0.391 e. The second-order valence-electron chi connectivity index (χ2n) is 8.27. The fraction of sp³-hybridized carbons (Fsp3) is 0.700.